The van der Waals surface area contributed by atoms with E-state index < -0.39 is 0 Å². The standard InChI is InChI=1S/C16H27N3/c1-4-14(5-2)17-15-7-6-8-16(13-15)19-11-9-18(3)10-12-19/h6-8,13-14,17H,4-5,9-12H2,1-3H3. The van der Waals surface area contributed by atoms with Crippen molar-refractivity contribution in [3.05, 3.63) is 24.3 Å². The van der Waals surface area contributed by atoms with Crippen molar-refractivity contribution in [1.82, 2.24) is 4.90 Å². The molecule has 3 nitrogen and oxygen atoms in total. The van der Waals surface area contributed by atoms with Crippen molar-refractivity contribution < 1.29 is 0 Å². The van der Waals surface area contributed by atoms with E-state index >= 15 is 0 Å². The van der Waals surface area contributed by atoms with Crippen LogP contribution < -0.4 is 10.2 Å². The second-order valence-electron chi connectivity index (χ2n) is 5.50. The molecule has 0 bridgehead atoms. The van der Waals surface area contributed by atoms with Crippen molar-refractivity contribution in [3.63, 3.8) is 0 Å². The maximum absolute atomic E-state index is 3.63. The largest absolute Gasteiger partial charge is 0.382 e. The third kappa shape index (κ3) is 3.87. The van der Waals surface area contributed by atoms with Gasteiger partial charge in [-0.3, -0.25) is 0 Å². The topological polar surface area (TPSA) is 18.5 Å². The van der Waals surface area contributed by atoms with Crippen molar-refractivity contribution >= 4 is 11.4 Å². The highest BCUT2D eigenvalue weighted by Crippen LogP contribution is 2.22. The van der Waals surface area contributed by atoms with Crippen LogP contribution in [0.5, 0.6) is 0 Å². The zero-order chi connectivity index (χ0) is 13.7. The van der Waals surface area contributed by atoms with Crippen LogP contribution in [0.15, 0.2) is 24.3 Å². The fourth-order valence-corrected chi connectivity index (χ4v) is 2.59. The molecule has 1 aromatic rings. The van der Waals surface area contributed by atoms with Gasteiger partial charge < -0.3 is 15.1 Å². The van der Waals surface area contributed by atoms with Crippen LogP contribution in [-0.2, 0) is 0 Å². The third-order valence-corrected chi connectivity index (χ3v) is 4.07. The van der Waals surface area contributed by atoms with E-state index in [2.05, 4.69) is 60.3 Å². The van der Waals surface area contributed by atoms with E-state index in [0.29, 0.717) is 6.04 Å². The molecule has 1 aliphatic heterocycles. The predicted octanol–water partition coefficient (Wildman–Crippen LogP) is 3.04. The van der Waals surface area contributed by atoms with Crippen LogP contribution in [0, 0.1) is 0 Å². The van der Waals surface area contributed by atoms with E-state index in [-0.39, 0.29) is 0 Å². The molecule has 0 radical (unpaired) electrons. The summed E-state index contributed by atoms with van der Waals surface area (Å²) in [6.07, 6.45) is 2.35. The first kappa shape index (κ1) is 14.2. The summed E-state index contributed by atoms with van der Waals surface area (Å²) in [5.41, 5.74) is 2.61. The Labute approximate surface area is 117 Å². The number of rotatable bonds is 5. The van der Waals surface area contributed by atoms with Crippen LogP contribution in [0.2, 0.25) is 0 Å². The minimum Gasteiger partial charge on any atom is -0.382 e. The Bertz CT molecular complexity index is 379. The van der Waals surface area contributed by atoms with Crippen LogP contribution in [0.3, 0.4) is 0 Å². The number of likely N-dealkylation sites (N-methyl/N-ethyl adjacent to an activating group) is 1. The fourth-order valence-electron chi connectivity index (χ4n) is 2.59. The molecule has 1 aromatic carbocycles. The Balaban J connectivity index is 2.02. The number of benzene rings is 1. The Morgan fingerprint density at radius 3 is 2.42 bits per heavy atom. The summed E-state index contributed by atoms with van der Waals surface area (Å²) < 4.78 is 0. The zero-order valence-corrected chi connectivity index (χ0v) is 12.5. The van der Waals surface area contributed by atoms with Gasteiger partial charge in [-0.15, -0.1) is 0 Å². The Morgan fingerprint density at radius 1 is 1.11 bits per heavy atom. The van der Waals surface area contributed by atoms with Crippen LogP contribution in [-0.4, -0.2) is 44.2 Å². The molecular formula is C16H27N3. The molecule has 0 saturated carbocycles. The van der Waals surface area contributed by atoms with Gasteiger partial charge in [0.25, 0.3) is 0 Å². The number of hydrogen-bond acceptors (Lipinski definition) is 3. The summed E-state index contributed by atoms with van der Waals surface area (Å²) in [6, 6.07) is 9.45. The molecule has 0 aliphatic carbocycles. The lowest BCUT2D eigenvalue weighted by molar-refractivity contribution is 0.313. The average Bonchev–Trinajstić information content (AvgIpc) is 2.46. The molecule has 1 heterocycles. The first-order chi connectivity index (χ1) is 9.22. The van der Waals surface area contributed by atoms with Crippen molar-refractivity contribution in [1.29, 1.82) is 0 Å². The molecule has 106 valence electrons. The van der Waals surface area contributed by atoms with E-state index in [0.717, 1.165) is 26.2 Å². The summed E-state index contributed by atoms with van der Waals surface area (Å²) in [6.45, 7) is 9.06. The predicted molar refractivity (Wildman–Crippen MR) is 84.1 cm³/mol. The number of piperazine rings is 1. The summed E-state index contributed by atoms with van der Waals surface area (Å²) in [7, 11) is 2.20. The first-order valence-electron chi connectivity index (χ1n) is 7.53. The number of hydrogen-bond donors (Lipinski definition) is 1. The summed E-state index contributed by atoms with van der Waals surface area (Å²) in [5, 5.41) is 3.63. The first-order valence-corrected chi connectivity index (χ1v) is 7.53. The van der Waals surface area contributed by atoms with E-state index in [1.807, 2.05) is 0 Å². The highest BCUT2D eigenvalue weighted by Gasteiger charge is 2.14. The van der Waals surface area contributed by atoms with Gasteiger partial charge in [-0.2, -0.15) is 0 Å². The summed E-state index contributed by atoms with van der Waals surface area (Å²) >= 11 is 0. The lowest BCUT2D eigenvalue weighted by atomic mass is 10.1. The van der Waals surface area contributed by atoms with E-state index in [1.165, 1.54) is 24.2 Å². The molecule has 3 heteroatoms. The van der Waals surface area contributed by atoms with Crippen molar-refractivity contribution in [2.24, 2.45) is 0 Å². The molecular weight excluding hydrogens is 234 g/mol. The third-order valence-electron chi connectivity index (χ3n) is 4.07. The second-order valence-corrected chi connectivity index (χ2v) is 5.50. The molecule has 0 spiro atoms. The Morgan fingerprint density at radius 2 is 1.79 bits per heavy atom. The average molecular weight is 261 g/mol. The van der Waals surface area contributed by atoms with Gasteiger partial charge >= 0.3 is 0 Å². The van der Waals surface area contributed by atoms with Crippen LogP contribution in [0.25, 0.3) is 0 Å². The molecule has 1 N–H and O–H groups in total. The molecule has 0 aromatic heterocycles. The van der Waals surface area contributed by atoms with Gasteiger partial charge in [-0.05, 0) is 38.1 Å². The Hall–Kier alpha value is -1.22. The normalized spacial score (nSPS) is 16.9. The molecule has 1 saturated heterocycles. The molecule has 0 atom stereocenters. The molecule has 19 heavy (non-hydrogen) atoms. The number of anilines is 2. The van der Waals surface area contributed by atoms with Crippen LogP contribution in [0.4, 0.5) is 11.4 Å². The van der Waals surface area contributed by atoms with Crippen LogP contribution >= 0.6 is 0 Å². The number of nitrogens with zero attached hydrogens (tertiary/aromatic N) is 2. The van der Waals surface area contributed by atoms with Gasteiger partial charge in [0.1, 0.15) is 0 Å². The van der Waals surface area contributed by atoms with E-state index in [4.69, 9.17) is 0 Å². The van der Waals surface area contributed by atoms with Gasteiger partial charge in [0.05, 0.1) is 0 Å². The van der Waals surface area contributed by atoms with Crippen LogP contribution in [0.1, 0.15) is 26.7 Å². The van der Waals surface area contributed by atoms with E-state index in [9.17, 15) is 0 Å². The van der Waals surface area contributed by atoms with Gasteiger partial charge in [0.15, 0.2) is 0 Å². The van der Waals surface area contributed by atoms with Gasteiger partial charge in [-0.25, -0.2) is 0 Å². The fraction of sp³-hybridized carbons (Fsp3) is 0.625. The highest BCUT2D eigenvalue weighted by molar-refractivity contribution is 5.58. The molecule has 1 aliphatic rings. The van der Waals surface area contributed by atoms with Crippen molar-refractivity contribution in [2.75, 3.05) is 43.4 Å². The maximum Gasteiger partial charge on any atom is 0.0387 e. The molecule has 0 amide bonds. The quantitative estimate of drug-likeness (QED) is 0.879. The van der Waals surface area contributed by atoms with Gasteiger partial charge in [-0.1, -0.05) is 19.9 Å². The maximum atomic E-state index is 3.63. The summed E-state index contributed by atoms with van der Waals surface area (Å²) in [5.74, 6) is 0. The minimum absolute atomic E-state index is 0.586. The summed E-state index contributed by atoms with van der Waals surface area (Å²) in [4.78, 5) is 4.88. The Kier molecular flexibility index (Phi) is 5.08. The monoisotopic (exact) mass is 261 g/mol. The smallest absolute Gasteiger partial charge is 0.0387 e. The van der Waals surface area contributed by atoms with Crippen molar-refractivity contribution in [2.45, 2.75) is 32.7 Å². The van der Waals surface area contributed by atoms with Gasteiger partial charge in [0.2, 0.25) is 0 Å². The molecule has 0 unspecified atom stereocenters. The lowest BCUT2D eigenvalue weighted by Gasteiger charge is -2.34. The van der Waals surface area contributed by atoms with Crippen molar-refractivity contribution in [3.8, 4) is 0 Å². The van der Waals surface area contributed by atoms with Gasteiger partial charge in [0, 0.05) is 43.6 Å². The second kappa shape index (κ2) is 6.80. The lowest BCUT2D eigenvalue weighted by Crippen LogP contribution is -2.44. The minimum atomic E-state index is 0.586. The SMILES string of the molecule is CCC(CC)Nc1cccc(N2CCN(C)CC2)c1. The van der Waals surface area contributed by atoms with E-state index in [1.54, 1.807) is 0 Å². The highest BCUT2D eigenvalue weighted by atomic mass is 15.2. The zero-order valence-electron chi connectivity index (χ0n) is 12.5. The molecule has 2 rings (SSSR count). The number of nitrogens with one attached hydrogen (secondary N) is 1. The molecule has 1 fully saturated rings.